The van der Waals surface area contributed by atoms with Crippen LogP contribution in [0.2, 0.25) is 8.09 Å². The third-order valence-corrected chi connectivity index (χ3v) is 7.28. The van der Waals surface area contributed by atoms with Crippen LogP contribution in [0.3, 0.4) is 0 Å². The molecule has 0 aliphatic heterocycles. The molecule has 0 atom stereocenters. The molecule has 0 aromatic heterocycles. The van der Waals surface area contributed by atoms with Gasteiger partial charge in [0.25, 0.3) is 0 Å². The van der Waals surface area contributed by atoms with Crippen LogP contribution in [0.15, 0.2) is 0 Å². The minimum Gasteiger partial charge on any atom is -0.346 e. The molecule has 1 saturated carbocycles. The summed E-state index contributed by atoms with van der Waals surface area (Å²) in [6.45, 7) is 4.30. The molecule has 0 aromatic rings. The van der Waals surface area contributed by atoms with Gasteiger partial charge in [-0.3, -0.25) is 0 Å². The molecule has 0 spiro atoms. The summed E-state index contributed by atoms with van der Waals surface area (Å²) in [6.07, 6.45) is 7.24. The first kappa shape index (κ1) is 15.1. The molecule has 0 saturated heterocycles. The molecule has 0 aromatic carbocycles. The fraction of sp³-hybridized carbons (Fsp3) is 1.00. The molecule has 0 nitrogen and oxygen atoms in total. The van der Waals surface area contributed by atoms with E-state index in [1.165, 1.54) is 32.1 Å². The van der Waals surface area contributed by atoms with Crippen molar-refractivity contribution in [1.29, 1.82) is 0 Å². The lowest BCUT2D eigenvalue weighted by atomic mass is 10.00. The zero-order valence-electron chi connectivity index (χ0n) is 8.86. The van der Waals surface area contributed by atoms with Crippen LogP contribution in [0.4, 0.5) is 0 Å². The topological polar surface area (TPSA) is 0 Å². The van der Waals surface area contributed by atoms with Gasteiger partial charge in [0.05, 0.1) is 0 Å². The number of hydrogen-bond acceptors (Lipinski definition) is 0. The first-order valence-corrected chi connectivity index (χ1v) is 11.2. The van der Waals surface area contributed by atoms with Gasteiger partial charge >= 0.3 is 38.5 Å². The highest BCUT2D eigenvalue weighted by Crippen LogP contribution is 2.27. The number of halogens is 2. The van der Waals surface area contributed by atoms with Crippen LogP contribution >= 0.6 is 18.1 Å². The average Bonchev–Trinajstić information content (AvgIpc) is 2.20. The molecule has 1 fully saturated rings. The second-order valence-corrected chi connectivity index (χ2v) is 9.46. The van der Waals surface area contributed by atoms with Crippen molar-refractivity contribution in [2.75, 3.05) is 0 Å². The first-order chi connectivity index (χ1) is 6.20. The monoisotopic (exact) mass is 244 g/mol. The fourth-order valence-electron chi connectivity index (χ4n) is 1.34. The van der Waals surface area contributed by atoms with Gasteiger partial charge in [0.1, 0.15) is 0 Å². The van der Waals surface area contributed by atoms with E-state index in [0.29, 0.717) is 0 Å². The summed E-state index contributed by atoms with van der Waals surface area (Å²) in [7, 11) is 11.3. The zero-order valence-corrected chi connectivity index (χ0v) is 13.2. The summed E-state index contributed by atoms with van der Waals surface area (Å²) in [5, 5.41) is 0. The first-order valence-electron chi connectivity index (χ1n) is 5.32. The SMILES string of the molecule is C[CH](C)[Mg][Cl].[Cl][Mg][CH]1CCCCC1. The third-order valence-electron chi connectivity index (χ3n) is 2.25. The molecule has 1 aliphatic carbocycles. The van der Waals surface area contributed by atoms with Crippen LogP contribution in [0.1, 0.15) is 46.0 Å². The number of hydrogen-bond donors (Lipinski definition) is 0. The highest BCUT2D eigenvalue weighted by Gasteiger charge is 2.13. The van der Waals surface area contributed by atoms with E-state index < -0.39 is 0 Å². The van der Waals surface area contributed by atoms with Crippen LogP contribution < -0.4 is 0 Å². The number of rotatable bonds is 2. The second kappa shape index (κ2) is 10.6. The summed E-state index contributed by atoms with van der Waals surface area (Å²) >= 11 is -0.339. The second-order valence-electron chi connectivity index (χ2n) is 4.21. The van der Waals surface area contributed by atoms with Crippen LogP contribution in [-0.4, -0.2) is 38.5 Å². The van der Waals surface area contributed by atoms with Crippen molar-refractivity contribution in [1.82, 2.24) is 0 Å². The van der Waals surface area contributed by atoms with Gasteiger partial charge in [0.15, 0.2) is 0 Å². The third kappa shape index (κ3) is 10.4. The predicted octanol–water partition coefficient (Wildman–Crippen LogP) is 4.27. The Morgan fingerprint density at radius 3 is 1.77 bits per heavy atom. The van der Waals surface area contributed by atoms with E-state index in [0.717, 1.165) is 8.09 Å². The Morgan fingerprint density at radius 2 is 1.54 bits per heavy atom. The van der Waals surface area contributed by atoms with Crippen LogP contribution in [0, 0.1) is 0 Å². The Hall–Kier alpha value is 2.11. The Bertz CT molecular complexity index is 104. The molecule has 1 aliphatic rings. The Balaban J connectivity index is 0.000000252. The standard InChI is InChI=1S/C6H11.C3H7.2ClH.2Mg/c1-2-4-6-5-3-1;1-3-2;;;;/h1H,2-6H2;3H,1-2H3;2*1H;;/q;;;;2*+1/p-2. The zero-order chi connectivity index (χ0) is 10.1. The fourth-order valence-corrected chi connectivity index (χ4v) is 3.15. The maximum Gasteiger partial charge on any atom is 0.504 e. The minimum absolute atomic E-state index is 0.160. The molecule has 0 amide bonds. The van der Waals surface area contributed by atoms with Crippen molar-refractivity contribution >= 4 is 56.7 Å². The van der Waals surface area contributed by atoms with Crippen molar-refractivity contribution in [2.45, 2.75) is 54.0 Å². The Kier molecular flexibility index (Phi) is 12.4. The van der Waals surface area contributed by atoms with E-state index in [1.807, 2.05) is 0 Å². The van der Waals surface area contributed by atoms with Crippen LogP contribution in [-0.2, 0) is 0 Å². The van der Waals surface area contributed by atoms with Crippen molar-refractivity contribution in [3.63, 3.8) is 0 Å². The summed E-state index contributed by atoms with van der Waals surface area (Å²) in [6, 6.07) is 0. The molecular weight excluding hydrogens is 228 g/mol. The maximum atomic E-state index is 5.82. The summed E-state index contributed by atoms with van der Waals surface area (Å²) < 4.78 is 1.78. The highest BCUT2D eigenvalue weighted by molar-refractivity contribution is 6.94. The van der Waals surface area contributed by atoms with E-state index in [9.17, 15) is 0 Å². The van der Waals surface area contributed by atoms with Gasteiger partial charge in [-0.05, 0) is 0 Å². The van der Waals surface area contributed by atoms with E-state index in [4.69, 9.17) is 18.1 Å². The lowest BCUT2D eigenvalue weighted by molar-refractivity contribution is 0.503. The molecule has 0 bridgehead atoms. The summed E-state index contributed by atoms with van der Waals surface area (Å²) in [5.74, 6) is 0. The Morgan fingerprint density at radius 1 is 1.08 bits per heavy atom. The molecule has 1 rings (SSSR count). The van der Waals surface area contributed by atoms with Crippen molar-refractivity contribution in [3.05, 3.63) is 0 Å². The van der Waals surface area contributed by atoms with E-state index in [2.05, 4.69) is 13.8 Å². The van der Waals surface area contributed by atoms with Crippen LogP contribution in [0.5, 0.6) is 0 Å². The van der Waals surface area contributed by atoms with Gasteiger partial charge in [0, 0.05) is 0 Å². The van der Waals surface area contributed by atoms with Gasteiger partial charge in [-0.1, -0.05) is 46.0 Å². The lowest BCUT2D eigenvalue weighted by Gasteiger charge is -2.17. The molecule has 0 unspecified atom stereocenters. The molecular formula is C9H18Cl2Mg2. The summed E-state index contributed by atoms with van der Waals surface area (Å²) in [4.78, 5) is 0. The van der Waals surface area contributed by atoms with Gasteiger partial charge in [0.2, 0.25) is 0 Å². The maximum absolute atomic E-state index is 5.82. The molecule has 72 valence electrons. The summed E-state index contributed by atoms with van der Waals surface area (Å²) in [5.41, 5.74) is 0. The predicted molar refractivity (Wildman–Crippen MR) is 65.1 cm³/mol. The van der Waals surface area contributed by atoms with E-state index in [1.54, 1.807) is 0 Å². The quantitative estimate of drug-likeness (QED) is 0.638. The Labute approximate surface area is 110 Å². The molecule has 0 N–H and O–H groups in total. The van der Waals surface area contributed by atoms with Crippen molar-refractivity contribution in [3.8, 4) is 0 Å². The molecule has 4 heteroatoms. The highest BCUT2D eigenvalue weighted by atomic mass is 35.5. The van der Waals surface area contributed by atoms with Gasteiger partial charge in [-0.2, -0.15) is 0 Å². The largest absolute Gasteiger partial charge is 0.504 e. The van der Waals surface area contributed by atoms with Crippen LogP contribution in [0.25, 0.3) is 0 Å². The molecule has 13 heavy (non-hydrogen) atoms. The van der Waals surface area contributed by atoms with Crippen molar-refractivity contribution in [2.24, 2.45) is 0 Å². The normalized spacial score (nSPS) is 17.0. The van der Waals surface area contributed by atoms with Gasteiger partial charge in [-0.25, -0.2) is 0 Å². The van der Waals surface area contributed by atoms with Crippen molar-refractivity contribution < 1.29 is 0 Å². The smallest absolute Gasteiger partial charge is 0.346 e. The van der Waals surface area contributed by atoms with Gasteiger partial charge < -0.3 is 18.1 Å². The average molecular weight is 246 g/mol. The minimum atomic E-state index is -0.179. The van der Waals surface area contributed by atoms with E-state index >= 15 is 0 Å². The lowest BCUT2D eigenvalue weighted by Crippen LogP contribution is -2.03. The molecule has 0 heterocycles. The van der Waals surface area contributed by atoms with Gasteiger partial charge in [-0.15, -0.1) is 8.09 Å². The van der Waals surface area contributed by atoms with E-state index in [-0.39, 0.29) is 38.5 Å². The molecule has 0 radical (unpaired) electrons.